The van der Waals surface area contributed by atoms with Gasteiger partial charge in [0.05, 0.1) is 7.11 Å². The smallest absolute Gasteiger partial charge is 0.164 e. The quantitative estimate of drug-likeness (QED) is 0.453. The lowest BCUT2D eigenvalue weighted by molar-refractivity contribution is 0.0968. The van der Waals surface area contributed by atoms with Crippen LogP contribution < -0.4 is 10.1 Å². The highest BCUT2D eigenvalue weighted by Gasteiger charge is 2.16. The zero-order valence-corrected chi connectivity index (χ0v) is 15.3. The Balaban J connectivity index is 2.00. The summed E-state index contributed by atoms with van der Waals surface area (Å²) in [5.41, 5.74) is 1.90. The lowest BCUT2D eigenvalue weighted by Gasteiger charge is -2.19. The maximum atomic E-state index is 12.7. The molecular weight excluding hydrogens is 310 g/mol. The molecule has 0 aliphatic rings. The zero-order valence-electron chi connectivity index (χ0n) is 15.3. The van der Waals surface area contributed by atoms with E-state index in [4.69, 9.17) is 4.74 Å². The normalized spacial score (nSPS) is 11.9. The van der Waals surface area contributed by atoms with Crippen LogP contribution in [0.1, 0.15) is 61.0 Å². The van der Waals surface area contributed by atoms with E-state index in [0.29, 0.717) is 6.42 Å². The van der Waals surface area contributed by atoms with Crippen molar-refractivity contribution in [1.29, 1.82) is 0 Å². The molecule has 0 fully saturated rings. The van der Waals surface area contributed by atoms with Crippen molar-refractivity contribution < 1.29 is 9.53 Å². The predicted molar refractivity (Wildman–Crippen MR) is 103 cm³/mol. The maximum absolute atomic E-state index is 12.7. The summed E-state index contributed by atoms with van der Waals surface area (Å²) in [4.78, 5) is 12.7. The summed E-state index contributed by atoms with van der Waals surface area (Å²) in [6.45, 7) is 3.16. The summed E-state index contributed by atoms with van der Waals surface area (Å²) in [5.74, 6) is 0.919. The SMILES string of the molecule is CCCCCCNC(CC(=O)c1ccc(OC)cc1)c1ccccc1. The van der Waals surface area contributed by atoms with E-state index in [1.165, 1.54) is 24.8 Å². The molecule has 2 rings (SSSR count). The Morgan fingerprint density at radius 3 is 2.36 bits per heavy atom. The van der Waals surface area contributed by atoms with Crippen LogP contribution in [0.4, 0.5) is 0 Å². The third-order valence-corrected chi connectivity index (χ3v) is 4.42. The molecule has 0 heterocycles. The summed E-state index contributed by atoms with van der Waals surface area (Å²) < 4.78 is 5.16. The van der Waals surface area contributed by atoms with Gasteiger partial charge in [0, 0.05) is 18.0 Å². The molecule has 1 atom stereocenters. The van der Waals surface area contributed by atoms with Crippen LogP contribution in [-0.4, -0.2) is 19.4 Å². The minimum Gasteiger partial charge on any atom is -0.497 e. The molecule has 0 radical (unpaired) electrons. The van der Waals surface area contributed by atoms with E-state index in [-0.39, 0.29) is 11.8 Å². The van der Waals surface area contributed by atoms with Gasteiger partial charge < -0.3 is 10.1 Å². The fraction of sp³-hybridized carbons (Fsp3) is 0.409. The summed E-state index contributed by atoms with van der Waals surface area (Å²) >= 11 is 0. The monoisotopic (exact) mass is 339 g/mol. The number of carbonyl (C=O) groups excluding carboxylic acids is 1. The van der Waals surface area contributed by atoms with E-state index < -0.39 is 0 Å². The van der Waals surface area contributed by atoms with Crippen molar-refractivity contribution >= 4 is 5.78 Å². The van der Waals surface area contributed by atoms with Crippen molar-refractivity contribution in [2.24, 2.45) is 0 Å². The van der Waals surface area contributed by atoms with Gasteiger partial charge in [-0.1, -0.05) is 56.5 Å². The van der Waals surface area contributed by atoms with Crippen LogP contribution in [0.25, 0.3) is 0 Å². The summed E-state index contributed by atoms with van der Waals surface area (Å²) in [6, 6.07) is 17.6. The van der Waals surface area contributed by atoms with Crippen molar-refractivity contribution in [2.45, 2.75) is 45.1 Å². The molecule has 0 saturated heterocycles. The number of unbranched alkanes of at least 4 members (excludes halogenated alkanes) is 3. The molecule has 2 aromatic rings. The average Bonchev–Trinajstić information content (AvgIpc) is 2.67. The standard InChI is InChI=1S/C22H29NO2/c1-3-4-5-9-16-23-21(18-10-7-6-8-11-18)17-22(24)19-12-14-20(25-2)15-13-19/h6-8,10-15,21,23H,3-5,9,16-17H2,1-2H3. The predicted octanol–water partition coefficient (Wildman–Crippen LogP) is 5.18. The number of benzene rings is 2. The van der Waals surface area contributed by atoms with Crippen molar-refractivity contribution in [3.05, 3.63) is 65.7 Å². The van der Waals surface area contributed by atoms with Gasteiger partial charge in [0.2, 0.25) is 0 Å². The van der Waals surface area contributed by atoms with Crippen LogP contribution in [0.3, 0.4) is 0 Å². The topological polar surface area (TPSA) is 38.3 Å². The average molecular weight is 339 g/mol. The first-order valence-electron chi connectivity index (χ1n) is 9.20. The van der Waals surface area contributed by atoms with Crippen LogP contribution >= 0.6 is 0 Å². The molecule has 0 saturated carbocycles. The first-order valence-corrected chi connectivity index (χ1v) is 9.20. The first-order chi connectivity index (χ1) is 12.2. The van der Waals surface area contributed by atoms with E-state index >= 15 is 0 Å². The number of ether oxygens (including phenoxy) is 1. The molecule has 0 amide bonds. The minimum absolute atomic E-state index is 0.0532. The number of ketones is 1. The highest BCUT2D eigenvalue weighted by atomic mass is 16.5. The third kappa shape index (κ3) is 6.35. The maximum Gasteiger partial charge on any atom is 0.164 e. The van der Waals surface area contributed by atoms with Crippen molar-refractivity contribution in [3.63, 3.8) is 0 Å². The summed E-state index contributed by atoms with van der Waals surface area (Å²) in [6.07, 6.45) is 5.34. The number of carbonyl (C=O) groups is 1. The van der Waals surface area contributed by atoms with Crippen LogP contribution in [0.2, 0.25) is 0 Å². The Morgan fingerprint density at radius 1 is 1.00 bits per heavy atom. The van der Waals surface area contributed by atoms with Crippen molar-refractivity contribution in [3.8, 4) is 5.75 Å². The molecule has 1 N–H and O–H groups in total. The Hall–Kier alpha value is -2.13. The van der Waals surface area contributed by atoms with E-state index in [1.807, 2.05) is 42.5 Å². The molecule has 25 heavy (non-hydrogen) atoms. The van der Waals surface area contributed by atoms with E-state index in [1.54, 1.807) is 7.11 Å². The van der Waals surface area contributed by atoms with Crippen LogP contribution in [-0.2, 0) is 0 Å². The molecule has 134 valence electrons. The fourth-order valence-electron chi connectivity index (χ4n) is 2.90. The van der Waals surface area contributed by atoms with Crippen molar-refractivity contribution in [1.82, 2.24) is 5.32 Å². The molecule has 0 aliphatic carbocycles. The van der Waals surface area contributed by atoms with Gasteiger partial charge in [0.15, 0.2) is 5.78 Å². The number of hydrogen-bond donors (Lipinski definition) is 1. The van der Waals surface area contributed by atoms with Crippen LogP contribution in [0, 0.1) is 0 Å². The van der Waals surface area contributed by atoms with E-state index in [9.17, 15) is 4.79 Å². The second-order valence-corrected chi connectivity index (χ2v) is 6.33. The van der Waals surface area contributed by atoms with Gasteiger partial charge >= 0.3 is 0 Å². The summed E-state index contributed by atoms with van der Waals surface area (Å²) in [5, 5.41) is 3.57. The second kappa shape index (κ2) is 10.7. The molecule has 3 nitrogen and oxygen atoms in total. The van der Waals surface area contributed by atoms with Gasteiger partial charge in [-0.05, 0) is 42.8 Å². The molecular formula is C22H29NO2. The first kappa shape index (κ1) is 19.2. The summed E-state index contributed by atoms with van der Waals surface area (Å²) in [7, 11) is 1.63. The van der Waals surface area contributed by atoms with Gasteiger partial charge in [0.25, 0.3) is 0 Å². The molecule has 1 unspecified atom stereocenters. The molecule has 0 aromatic heterocycles. The lowest BCUT2D eigenvalue weighted by Crippen LogP contribution is -2.25. The van der Waals surface area contributed by atoms with Gasteiger partial charge in [-0.3, -0.25) is 4.79 Å². The van der Waals surface area contributed by atoms with E-state index in [2.05, 4.69) is 24.4 Å². The molecule has 2 aromatic carbocycles. The highest BCUT2D eigenvalue weighted by Crippen LogP contribution is 2.21. The number of Topliss-reactive ketones (excluding diaryl/α,β-unsaturated/α-hetero) is 1. The number of rotatable bonds is 11. The highest BCUT2D eigenvalue weighted by molar-refractivity contribution is 5.96. The zero-order chi connectivity index (χ0) is 17.9. The number of hydrogen-bond acceptors (Lipinski definition) is 3. The fourth-order valence-corrected chi connectivity index (χ4v) is 2.90. The number of methoxy groups -OCH3 is 1. The molecule has 0 bridgehead atoms. The van der Waals surface area contributed by atoms with Gasteiger partial charge in [-0.25, -0.2) is 0 Å². The van der Waals surface area contributed by atoms with Crippen LogP contribution in [0.5, 0.6) is 5.75 Å². The Labute approximate surface area is 151 Å². The van der Waals surface area contributed by atoms with Gasteiger partial charge in [0.1, 0.15) is 5.75 Å². The number of nitrogens with one attached hydrogen (secondary N) is 1. The lowest BCUT2D eigenvalue weighted by atomic mass is 9.97. The molecule has 0 spiro atoms. The van der Waals surface area contributed by atoms with Crippen LogP contribution in [0.15, 0.2) is 54.6 Å². The van der Waals surface area contributed by atoms with Gasteiger partial charge in [-0.15, -0.1) is 0 Å². The van der Waals surface area contributed by atoms with Gasteiger partial charge in [-0.2, -0.15) is 0 Å². The Bertz CT molecular complexity index is 622. The van der Waals surface area contributed by atoms with Crippen molar-refractivity contribution in [2.75, 3.05) is 13.7 Å². The molecule has 3 heteroatoms. The third-order valence-electron chi connectivity index (χ3n) is 4.42. The largest absolute Gasteiger partial charge is 0.497 e. The molecule has 0 aliphatic heterocycles. The Morgan fingerprint density at radius 2 is 1.72 bits per heavy atom. The van der Waals surface area contributed by atoms with E-state index in [0.717, 1.165) is 24.3 Å². The Kier molecular flexibility index (Phi) is 8.20. The minimum atomic E-state index is 0.0532. The second-order valence-electron chi connectivity index (χ2n) is 6.33.